The predicted octanol–water partition coefficient (Wildman–Crippen LogP) is 4.43. The van der Waals surface area contributed by atoms with E-state index in [9.17, 15) is 9.59 Å². The highest BCUT2D eigenvalue weighted by Gasteiger charge is 2.26. The van der Waals surface area contributed by atoms with Gasteiger partial charge in [0.15, 0.2) is 0 Å². The van der Waals surface area contributed by atoms with Crippen LogP contribution in [0.3, 0.4) is 0 Å². The van der Waals surface area contributed by atoms with Gasteiger partial charge in [-0.05, 0) is 43.0 Å². The number of aryl methyl sites for hydroxylation is 1. The van der Waals surface area contributed by atoms with Gasteiger partial charge in [-0.1, -0.05) is 55.8 Å². The summed E-state index contributed by atoms with van der Waals surface area (Å²) in [7, 11) is 1.62. The van der Waals surface area contributed by atoms with Crippen molar-refractivity contribution < 1.29 is 14.3 Å². The largest absolute Gasteiger partial charge is 0.497 e. The summed E-state index contributed by atoms with van der Waals surface area (Å²) in [6.45, 7) is 8.93. The Kier molecular flexibility index (Phi) is 9.92. The molecule has 0 saturated carbocycles. The van der Waals surface area contributed by atoms with E-state index >= 15 is 0 Å². The summed E-state index contributed by atoms with van der Waals surface area (Å²) in [5.74, 6) is 2.04. The number of ether oxygens (including phenoxy) is 1. The molecule has 0 aliphatic heterocycles. The van der Waals surface area contributed by atoms with Crippen molar-refractivity contribution in [3.05, 3.63) is 65.2 Å². The maximum atomic E-state index is 13.1. The molecule has 2 aromatic rings. The van der Waals surface area contributed by atoms with Crippen LogP contribution in [-0.2, 0) is 21.9 Å². The highest BCUT2D eigenvalue weighted by Crippen LogP contribution is 2.18. The Morgan fingerprint density at radius 3 is 2.39 bits per heavy atom. The Morgan fingerprint density at radius 1 is 1.06 bits per heavy atom. The molecule has 0 aromatic heterocycles. The molecule has 6 heteroatoms. The SMILES string of the molecule is COc1ccc(CN(C(=O)CSCc2cccc(C)c2)[C@H](C)C(=O)NCC(C)C)cc1. The molecule has 0 heterocycles. The fraction of sp³-hybridized carbons (Fsp3) is 0.440. The first-order valence-electron chi connectivity index (χ1n) is 10.6. The van der Waals surface area contributed by atoms with Gasteiger partial charge in [0.1, 0.15) is 11.8 Å². The van der Waals surface area contributed by atoms with Gasteiger partial charge in [0, 0.05) is 18.8 Å². The molecule has 2 rings (SSSR count). The third-order valence-corrected chi connectivity index (χ3v) is 5.93. The number of carbonyl (C=O) groups excluding carboxylic acids is 2. The van der Waals surface area contributed by atoms with Gasteiger partial charge in [-0.2, -0.15) is 0 Å². The van der Waals surface area contributed by atoms with Crippen molar-refractivity contribution in [2.24, 2.45) is 5.92 Å². The minimum absolute atomic E-state index is 0.0410. The number of nitrogens with zero attached hydrogens (tertiary/aromatic N) is 1. The summed E-state index contributed by atoms with van der Waals surface area (Å²) in [5, 5.41) is 2.95. The Balaban J connectivity index is 2.06. The van der Waals surface area contributed by atoms with E-state index in [4.69, 9.17) is 4.74 Å². The summed E-state index contributed by atoms with van der Waals surface area (Å²) in [6.07, 6.45) is 0. The number of amides is 2. The first kappa shape index (κ1) is 24.8. The number of carbonyl (C=O) groups is 2. The lowest BCUT2D eigenvalue weighted by Gasteiger charge is -2.29. The van der Waals surface area contributed by atoms with Gasteiger partial charge < -0.3 is 15.0 Å². The van der Waals surface area contributed by atoms with E-state index in [1.807, 2.05) is 44.2 Å². The van der Waals surface area contributed by atoms with Crippen molar-refractivity contribution in [1.82, 2.24) is 10.2 Å². The Morgan fingerprint density at radius 2 is 1.77 bits per heavy atom. The third kappa shape index (κ3) is 8.29. The topological polar surface area (TPSA) is 58.6 Å². The summed E-state index contributed by atoms with van der Waals surface area (Å²) >= 11 is 1.57. The van der Waals surface area contributed by atoms with Crippen molar-refractivity contribution in [1.29, 1.82) is 0 Å². The monoisotopic (exact) mass is 442 g/mol. The first-order valence-corrected chi connectivity index (χ1v) is 11.8. The number of hydrogen-bond donors (Lipinski definition) is 1. The van der Waals surface area contributed by atoms with Crippen molar-refractivity contribution in [2.45, 2.75) is 46.0 Å². The van der Waals surface area contributed by atoms with Crippen molar-refractivity contribution >= 4 is 23.6 Å². The van der Waals surface area contributed by atoms with E-state index in [1.54, 1.807) is 30.7 Å². The first-order chi connectivity index (χ1) is 14.8. The maximum Gasteiger partial charge on any atom is 0.242 e. The molecule has 1 N–H and O–H groups in total. The summed E-state index contributed by atoms with van der Waals surface area (Å²) in [6, 6.07) is 15.3. The summed E-state index contributed by atoms with van der Waals surface area (Å²) in [5.41, 5.74) is 3.37. The number of thioether (sulfide) groups is 1. The lowest BCUT2D eigenvalue weighted by Crippen LogP contribution is -2.48. The van der Waals surface area contributed by atoms with E-state index in [-0.39, 0.29) is 11.8 Å². The molecule has 2 aromatic carbocycles. The van der Waals surface area contributed by atoms with Crippen molar-refractivity contribution in [3.63, 3.8) is 0 Å². The summed E-state index contributed by atoms with van der Waals surface area (Å²) in [4.78, 5) is 27.5. The second kappa shape index (κ2) is 12.4. The van der Waals surface area contributed by atoms with Crippen LogP contribution in [0.2, 0.25) is 0 Å². The van der Waals surface area contributed by atoms with Crippen LogP contribution in [0.25, 0.3) is 0 Å². The van der Waals surface area contributed by atoms with E-state index < -0.39 is 6.04 Å². The van der Waals surface area contributed by atoms with E-state index in [1.165, 1.54) is 11.1 Å². The number of methoxy groups -OCH3 is 1. The van der Waals surface area contributed by atoms with E-state index in [0.29, 0.717) is 24.8 Å². The van der Waals surface area contributed by atoms with Gasteiger partial charge in [0.2, 0.25) is 11.8 Å². The molecule has 168 valence electrons. The van der Waals surface area contributed by atoms with Crippen LogP contribution in [0.5, 0.6) is 5.75 Å². The van der Waals surface area contributed by atoms with Crippen LogP contribution < -0.4 is 10.1 Å². The normalized spacial score (nSPS) is 11.8. The highest BCUT2D eigenvalue weighted by atomic mass is 32.2. The zero-order valence-corrected chi connectivity index (χ0v) is 20.0. The molecule has 0 aliphatic carbocycles. The summed E-state index contributed by atoms with van der Waals surface area (Å²) < 4.78 is 5.22. The average Bonchev–Trinajstić information content (AvgIpc) is 2.75. The fourth-order valence-corrected chi connectivity index (χ4v) is 3.96. The van der Waals surface area contributed by atoms with Crippen molar-refractivity contribution in [2.75, 3.05) is 19.4 Å². The molecule has 5 nitrogen and oxygen atoms in total. The molecule has 0 unspecified atom stereocenters. The number of hydrogen-bond acceptors (Lipinski definition) is 4. The zero-order valence-electron chi connectivity index (χ0n) is 19.2. The minimum atomic E-state index is -0.548. The maximum absolute atomic E-state index is 13.1. The smallest absolute Gasteiger partial charge is 0.242 e. The second-order valence-corrected chi connectivity index (χ2v) is 9.15. The number of rotatable bonds is 11. The van der Waals surface area contributed by atoms with Crippen LogP contribution in [0.15, 0.2) is 48.5 Å². The van der Waals surface area contributed by atoms with Gasteiger partial charge in [-0.25, -0.2) is 0 Å². The van der Waals surface area contributed by atoms with Gasteiger partial charge in [-0.3, -0.25) is 9.59 Å². The standard InChI is InChI=1S/C25H34N2O3S/c1-18(2)14-26-25(29)20(4)27(15-21-9-11-23(30-5)12-10-21)24(28)17-31-16-22-8-6-7-19(3)13-22/h6-13,18,20H,14-17H2,1-5H3,(H,26,29)/t20-/m1/s1. The lowest BCUT2D eigenvalue weighted by molar-refractivity contribution is -0.138. The molecule has 0 aliphatic rings. The molecule has 0 bridgehead atoms. The Labute approximate surface area is 190 Å². The lowest BCUT2D eigenvalue weighted by atomic mass is 10.1. The third-order valence-electron chi connectivity index (χ3n) is 4.94. The average molecular weight is 443 g/mol. The van der Waals surface area contributed by atoms with Crippen LogP contribution in [-0.4, -0.2) is 42.2 Å². The van der Waals surface area contributed by atoms with Crippen LogP contribution in [0, 0.1) is 12.8 Å². The Hall–Kier alpha value is -2.47. The molecular formula is C25H34N2O3S. The van der Waals surface area contributed by atoms with Gasteiger partial charge in [-0.15, -0.1) is 11.8 Å². The number of benzene rings is 2. The van der Waals surface area contributed by atoms with E-state index in [2.05, 4.69) is 30.4 Å². The van der Waals surface area contributed by atoms with Crippen LogP contribution in [0.4, 0.5) is 0 Å². The molecule has 2 amide bonds. The molecule has 0 saturated heterocycles. The van der Waals surface area contributed by atoms with Crippen LogP contribution >= 0.6 is 11.8 Å². The van der Waals surface area contributed by atoms with Gasteiger partial charge in [0.25, 0.3) is 0 Å². The number of nitrogens with one attached hydrogen (secondary N) is 1. The zero-order chi connectivity index (χ0) is 22.8. The molecule has 0 fully saturated rings. The second-order valence-electron chi connectivity index (χ2n) is 8.17. The molecule has 1 atom stereocenters. The van der Waals surface area contributed by atoms with Crippen molar-refractivity contribution in [3.8, 4) is 5.75 Å². The molecule has 0 radical (unpaired) electrons. The quantitative estimate of drug-likeness (QED) is 0.559. The molecule has 31 heavy (non-hydrogen) atoms. The van der Waals surface area contributed by atoms with Gasteiger partial charge >= 0.3 is 0 Å². The molecular weight excluding hydrogens is 408 g/mol. The minimum Gasteiger partial charge on any atom is -0.497 e. The molecule has 0 spiro atoms. The Bertz CT molecular complexity index is 852. The highest BCUT2D eigenvalue weighted by molar-refractivity contribution is 7.99. The van der Waals surface area contributed by atoms with Gasteiger partial charge in [0.05, 0.1) is 12.9 Å². The fourth-order valence-electron chi connectivity index (χ4n) is 3.10. The van der Waals surface area contributed by atoms with Crippen LogP contribution in [0.1, 0.15) is 37.5 Å². The van der Waals surface area contributed by atoms with E-state index in [0.717, 1.165) is 17.1 Å². The predicted molar refractivity (Wildman–Crippen MR) is 128 cm³/mol.